The van der Waals surface area contributed by atoms with Crippen LogP contribution in [0.1, 0.15) is 5.56 Å². The van der Waals surface area contributed by atoms with E-state index in [2.05, 4.69) is 185 Å². The Morgan fingerprint density at radius 3 is 1.69 bits per heavy atom. The smallest absolute Gasteiger partial charge is 0.238 e. The van der Waals surface area contributed by atoms with E-state index in [1.807, 2.05) is 60.7 Å². The Kier molecular flexibility index (Phi) is 9.34. The van der Waals surface area contributed by atoms with E-state index >= 15 is 0 Å². The maximum Gasteiger partial charge on any atom is 0.238 e. The first-order valence-corrected chi connectivity index (χ1v) is 22.0. The van der Waals surface area contributed by atoms with Gasteiger partial charge in [-0.05, 0) is 82.4 Å². The third kappa shape index (κ3) is 6.71. The van der Waals surface area contributed by atoms with E-state index in [0.29, 0.717) is 17.6 Å². The Balaban J connectivity index is 0.923. The number of benzene rings is 9. The number of rotatable bonds is 8. The molecule has 1 aliphatic heterocycles. The Hall–Kier alpha value is -8.61. The van der Waals surface area contributed by atoms with Gasteiger partial charge < -0.3 is 9.80 Å². The van der Waals surface area contributed by atoms with Gasteiger partial charge in [0.1, 0.15) is 0 Å². The minimum Gasteiger partial charge on any atom is -0.344 e. The molecule has 0 amide bonds. The van der Waals surface area contributed by atoms with Crippen LogP contribution in [-0.2, 0) is 6.54 Å². The number of aromatic nitrogens is 4. The second kappa shape index (κ2) is 15.9. The van der Waals surface area contributed by atoms with Gasteiger partial charge in [-0.2, -0.15) is 9.97 Å². The molecule has 0 saturated carbocycles. The molecule has 9 aromatic carbocycles. The molecular weight excluding hydrogens is 793 g/mol. The molecule has 12 rings (SSSR count). The van der Waals surface area contributed by atoms with Crippen LogP contribution in [0.2, 0.25) is 0 Å². The summed E-state index contributed by atoms with van der Waals surface area (Å²) in [6.45, 7) is 0.742. The van der Waals surface area contributed by atoms with E-state index in [1.165, 1.54) is 39.2 Å². The molecule has 308 valence electrons. The van der Waals surface area contributed by atoms with Gasteiger partial charge in [0.15, 0.2) is 11.6 Å². The fraction of sp³-hybridized carbons (Fsp3) is 0.0339. The van der Waals surface area contributed by atoms with E-state index < -0.39 is 0 Å². The highest BCUT2D eigenvalue weighted by atomic mass is 15.2. The minimum absolute atomic E-state index is 0.583. The van der Waals surface area contributed by atoms with Crippen LogP contribution < -0.4 is 9.80 Å². The van der Waals surface area contributed by atoms with Gasteiger partial charge in [0, 0.05) is 69.4 Å². The van der Waals surface area contributed by atoms with Gasteiger partial charge in [0.2, 0.25) is 5.95 Å². The van der Waals surface area contributed by atoms with Gasteiger partial charge in [-0.1, -0.05) is 170 Å². The highest BCUT2D eigenvalue weighted by Crippen LogP contribution is 2.47. The molecule has 2 aromatic heterocycles. The lowest BCUT2D eigenvalue weighted by atomic mass is 9.87. The highest BCUT2D eigenvalue weighted by Gasteiger charge is 2.27. The van der Waals surface area contributed by atoms with E-state index in [1.54, 1.807) is 0 Å². The fourth-order valence-corrected chi connectivity index (χ4v) is 9.56. The Bertz CT molecular complexity index is 3470. The number of anilines is 4. The lowest BCUT2D eigenvalue weighted by Gasteiger charge is -2.35. The normalized spacial score (nSPS) is 12.0. The summed E-state index contributed by atoms with van der Waals surface area (Å²) in [5, 5.41) is 2.28. The monoisotopic (exact) mass is 834 g/mol. The number of hydrogen-bond donors (Lipinski definition) is 0. The quantitative estimate of drug-likeness (QED) is 0.153. The van der Waals surface area contributed by atoms with Crippen LogP contribution in [0.25, 0.3) is 83.9 Å². The predicted molar refractivity (Wildman–Crippen MR) is 268 cm³/mol. The summed E-state index contributed by atoms with van der Waals surface area (Å²) in [4.78, 5) is 19.9. The number of hydrogen-bond acceptors (Lipinski definition) is 5. The van der Waals surface area contributed by atoms with Crippen molar-refractivity contribution in [2.75, 3.05) is 16.8 Å². The second-order valence-corrected chi connectivity index (χ2v) is 16.5. The van der Waals surface area contributed by atoms with Crippen LogP contribution in [-0.4, -0.2) is 26.6 Å². The van der Waals surface area contributed by atoms with E-state index in [-0.39, 0.29) is 0 Å². The Morgan fingerprint density at radius 2 is 0.969 bits per heavy atom. The first-order chi connectivity index (χ1) is 32.2. The van der Waals surface area contributed by atoms with Gasteiger partial charge in [0.05, 0.1) is 11.0 Å². The van der Waals surface area contributed by atoms with Crippen molar-refractivity contribution >= 4 is 44.6 Å². The zero-order valence-electron chi connectivity index (χ0n) is 35.8. The number of para-hydroxylation sites is 4. The summed E-state index contributed by atoms with van der Waals surface area (Å²) in [6, 6.07) is 79.5. The van der Waals surface area contributed by atoms with Crippen molar-refractivity contribution < 1.29 is 0 Å². The van der Waals surface area contributed by atoms with Crippen molar-refractivity contribution in [2.24, 2.45) is 0 Å². The van der Waals surface area contributed by atoms with Crippen LogP contribution in [0.5, 0.6) is 0 Å². The first-order valence-electron chi connectivity index (χ1n) is 22.0. The van der Waals surface area contributed by atoms with Crippen LogP contribution in [0.4, 0.5) is 22.7 Å². The molecule has 0 N–H and O–H groups in total. The fourth-order valence-electron chi connectivity index (χ4n) is 9.56. The summed E-state index contributed by atoms with van der Waals surface area (Å²) in [7, 11) is 2.15. The zero-order chi connectivity index (χ0) is 43.3. The summed E-state index contributed by atoms with van der Waals surface area (Å²) < 4.78 is 2.18. The molecule has 0 radical (unpaired) electrons. The van der Waals surface area contributed by atoms with Gasteiger partial charge in [-0.15, -0.1) is 0 Å². The lowest BCUT2D eigenvalue weighted by molar-refractivity contribution is 0.953. The summed E-state index contributed by atoms with van der Waals surface area (Å²) >= 11 is 0. The topological polar surface area (TPSA) is 50.1 Å². The molecule has 3 heterocycles. The van der Waals surface area contributed by atoms with Crippen LogP contribution in [0, 0.1) is 0 Å². The van der Waals surface area contributed by atoms with Crippen molar-refractivity contribution in [2.45, 2.75) is 6.54 Å². The SMILES string of the molecule is CN(c1ccccc1)c1ccccc1-c1cccc2c1CN(c1ccc(-c3ccc4c(c3)c3ccccc3n4-c3nc(-c4ccccc4)nc(-c4ccccc4)n3)cc1)c1ccccc1-2. The maximum absolute atomic E-state index is 5.12. The number of nitrogens with zero attached hydrogens (tertiary/aromatic N) is 6. The van der Waals surface area contributed by atoms with Crippen LogP contribution in [0.3, 0.4) is 0 Å². The molecule has 0 aliphatic carbocycles. The first kappa shape index (κ1) is 38.1. The molecule has 0 bridgehead atoms. The minimum atomic E-state index is 0.583. The summed E-state index contributed by atoms with van der Waals surface area (Å²) in [5.74, 6) is 1.85. The van der Waals surface area contributed by atoms with E-state index in [9.17, 15) is 0 Å². The third-order valence-corrected chi connectivity index (χ3v) is 12.7. The van der Waals surface area contributed by atoms with Crippen molar-refractivity contribution in [3.05, 3.63) is 230 Å². The molecule has 0 unspecified atom stereocenters. The van der Waals surface area contributed by atoms with Crippen molar-refractivity contribution in [1.29, 1.82) is 0 Å². The van der Waals surface area contributed by atoms with E-state index in [4.69, 9.17) is 15.0 Å². The molecular formula is C59H42N6. The van der Waals surface area contributed by atoms with E-state index in [0.717, 1.165) is 62.0 Å². The molecule has 6 nitrogen and oxygen atoms in total. The molecule has 11 aromatic rings. The van der Waals surface area contributed by atoms with Gasteiger partial charge in [0.25, 0.3) is 0 Å². The third-order valence-electron chi connectivity index (χ3n) is 12.7. The molecule has 0 spiro atoms. The molecule has 0 atom stereocenters. The van der Waals surface area contributed by atoms with Gasteiger partial charge in [-0.3, -0.25) is 4.57 Å². The van der Waals surface area contributed by atoms with Crippen LogP contribution >= 0.6 is 0 Å². The largest absolute Gasteiger partial charge is 0.344 e. The van der Waals surface area contributed by atoms with Gasteiger partial charge in [-0.25, -0.2) is 4.98 Å². The molecule has 6 heteroatoms. The summed E-state index contributed by atoms with van der Waals surface area (Å²) in [6.07, 6.45) is 0. The molecule has 65 heavy (non-hydrogen) atoms. The predicted octanol–water partition coefficient (Wildman–Crippen LogP) is 14.7. The Labute approximate surface area is 378 Å². The average Bonchev–Trinajstić information content (AvgIpc) is 3.72. The second-order valence-electron chi connectivity index (χ2n) is 16.5. The van der Waals surface area contributed by atoms with Crippen molar-refractivity contribution in [1.82, 2.24) is 19.5 Å². The standard InChI is InChI=1S/C59H42N6/c1-63(44-22-9-4-10-23-44)53-29-14-11-24-48(53)46-27-17-28-47-49-25-12-15-30-54(49)64(39-52(46)47)45-35-32-40(33-36-45)43-34-37-56-51(38-43)50-26-13-16-31-55(50)65(56)59-61-57(41-18-5-2-6-19-41)60-58(62-59)42-20-7-3-8-21-42/h2-38H,39H2,1H3. The van der Waals surface area contributed by atoms with Crippen molar-refractivity contribution in [3.63, 3.8) is 0 Å². The van der Waals surface area contributed by atoms with Gasteiger partial charge >= 0.3 is 0 Å². The lowest BCUT2D eigenvalue weighted by Crippen LogP contribution is -2.22. The molecule has 1 aliphatic rings. The van der Waals surface area contributed by atoms with Crippen molar-refractivity contribution in [3.8, 4) is 62.1 Å². The Morgan fingerprint density at radius 1 is 0.415 bits per heavy atom. The summed E-state index contributed by atoms with van der Waals surface area (Å²) in [5.41, 5.74) is 17.2. The molecule has 0 fully saturated rings. The maximum atomic E-state index is 5.12. The zero-order valence-corrected chi connectivity index (χ0v) is 35.8. The molecule has 0 saturated heterocycles. The number of fused-ring (bicyclic) bond motifs is 6. The van der Waals surface area contributed by atoms with Crippen LogP contribution in [0.15, 0.2) is 224 Å². The highest BCUT2D eigenvalue weighted by molar-refractivity contribution is 6.10. The average molecular weight is 835 g/mol.